The van der Waals surface area contributed by atoms with Crippen molar-refractivity contribution in [3.05, 3.63) is 41.2 Å². The van der Waals surface area contributed by atoms with E-state index in [1.807, 2.05) is 0 Å². The normalized spacial score (nSPS) is 11.3. The van der Waals surface area contributed by atoms with Crippen LogP contribution in [0.4, 0.5) is 14.7 Å². The van der Waals surface area contributed by atoms with E-state index in [1.54, 1.807) is 13.1 Å². The molecule has 1 aromatic carbocycles. The zero-order chi connectivity index (χ0) is 16.8. The smallest absolute Gasteiger partial charge is 0.221 e. The minimum Gasteiger partial charge on any atom is -0.490 e. The number of imidazole rings is 1. The summed E-state index contributed by atoms with van der Waals surface area (Å²) in [6, 6.07) is 2.46. The van der Waals surface area contributed by atoms with Crippen LogP contribution in [0.5, 0.6) is 5.75 Å². The second-order valence-corrected chi connectivity index (χ2v) is 5.20. The minimum absolute atomic E-state index is 0.114. The summed E-state index contributed by atoms with van der Waals surface area (Å²) in [7, 11) is 0. The third-order valence-corrected chi connectivity index (χ3v) is 3.19. The first-order chi connectivity index (χ1) is 11.0. The molecule has 0 unspecified atom stereocenters. The Bertz CT molecular complexity index is 698. The van der Waals surface area contributed by atoms with E-state index < -0.39 is 11.6 Å². The number of nitrogen functional groups attached to an aromatic ring is 1. The Morgan fingerprint density at radius 1 is 1.35 bits per heavy atom. The van der Waals surface area contributed by atoms with Crippen molar-refractivity contribution >= 4 is 12.2 Å². The van der Waals surface area contributed by atoms with E-state index >= 15 is 0 Å². The minimum atomic E-state index is -0.989. The second kappa shape index (κ2) is 7.71. The molecule has 2 N–H and O–H groups in total. The van der Waals surface area contributed by atoms with Crippen molar-refractivity contribution < 1.29 is 13.5 Å². The highest BCUT2D eigenvalue weighted by Crippen LogP contribution is 2.22. The van der Waals surface area contributed by atoms with Gasteiger partial charge in [0.1, 0.15) is 0 Å². The molecule has 7 heteroatoms. The van der Waals surface area contributed by atoms with Gasteiger partial charge in [0.05, 0.1) is 24.7 Å². The van der Waals surface area contributed by atoms with Crippen LogP contribution < -0.4 is 10.5 Å². The average molecular weight is 322 g/mol. The maximum atomic E-state index is 13.7. The van der Waals surface area contributed by atoms with Gasteiger partial charge in [-0.2, -0.15) is 9.49 Å². The first-order valence-electron chi connectivity index (χ1n) is 7.49. The van der Waals surface area contributed by atoms with Gasteiger partial charge in [-0.25, -0.2) is 14.1 Å². The Hall–Kier alpha value is -2.44. The molecule has 0 saturated heterocycles. The fraction of sp³-hybridized carbons (Fsp3) is 0.375. The fourth-order valence-corrected chi connectivity index (χ4v) is 2.02. The van der Waals surface area contributed by atoms with Gasteiger partial charge in [-0.05, 0) is 25.5 Å². The van der Waals surface area contributed by atoms with Crippen LogP contribution in [0.25, 0.3) is 0 Å². The molecule has 0 amide bonds. The molecule has 0 spiro atoms. The summed E-state index contributed by atoms with van der Waals surface area (Å²) in [5, 5.41) is 4.08. The Labute approximate surface area is 133 Å². The molecule has 0 bridgehead atoms. The van der Waals surface area contributed by atoms with Crippen molar-refractivity contribution in [2.45, 2.75) is 33.1 Å². The Kier molecular flexibility index (Phi) is 5.67. The van der Waals surface area contributed by atoms with Crippen molar-refractivity contribution in [2.24, 2.45) is 5.10 Å². The monoisotopic (exact) mass is 322 g/mol. The largest absolute Gasteiger partial charge is 0.490 e. The van der Waals surface area contributed by atoms with Crippen molar-refractivity contribution in [2.75, 3.05) is 12.3 Å². The Morgan fingerprint density at radius 2 is 2.13 bits per heavy atom. The summed E-state index contributed by atoms with van der Waals surface area (Å²) in [6.45, 7) is 4.18. The predicted octanol–water partition coefficient (Wildman–Crippen LogP) is 3.50. The molecule has 5 nitrogen and oxygen atoms in total. The topological polar surface area (TPSA) is 65.4 Å². The van der Waals surface area contributed by atoms with Gasteiger partial charge in [0, 0.05) is 5.56 Å². The highest BCUT2D eigenvalue weighted by Gasteiger charge is 2.11. The highest BCUT2D eigenvalue weighted by atomic mass is 19.2. The number of nitrogens with zero attached hydrogens (tertiary/aromatic N) is 3. The third-order valence-electron chi connectivity index (χ3n) is 3.19. The predicted molar refractivity (Wildman–Crippen MR) is 85.7 cm³/mol. The van der Waals surface area contributed by atoms with Crippen LogP contribution in [0.3, 0.4) is 0 Å². The third kappa shape index (κ3) is 4.51. The van der Waals surface area contributed by atoms with Crippen LogP contribution in [0.15, 0.2) is 23.4 Å². The second-order valence-electron chi connectivity index (χ2n) is 5.20. The summed E-state index contributed by atoms with van der Waals surface area (Å²) in [6.07, 6.45) is 5.80. The molecular weight excluding hydrogens is 302 g/mol. The SMILES string of the molecule is CCCCCOc1cc(C=Nn2cc(C)nc2N)cc(F)c1F. The van der Waals surface area contributed by atoms with Crippen molar-refractivity contribution in [3.8, 4) is 5.75 Å². The molecule has 0 atom stereocenters. The van der Waals surface area contributed by atoms with E-state index in [1.165, 1.54) is 17.0 Å². The number of aryl methyl sites for hydroxylation is 1. The maximum absolute atomic E-state index is 13.7. The number of hydrogen-bond acceptors (Lipinski definition) is 4. The maximum Gasteiger partial charge on any atom is 0.221 e. The summed E-state index contributed by atoms with van der Waals surface area (Å²) in [4.78, 5) is 4.00. The van der Waals surface area contributed by atoms with Gasteiger partial charge in [-0.1, -0.05) is 19.8 Å². The Morgan fingerprint density at radius 3 is 2.78 bits per heavy atom. The lowest BCUT2D eigenvalue weighted by Gasteiger charge is -2.08. The molecule has 1 aromatic heterocycles. The number of benzene rings is 1. The number of halogens is 2. The van der Waals surface area contributed by atoms with Gasteiger partial charge in [-0.15, -0.1) is 0 Å². The zero-order valence-corrected chi connectivity index (χ0v) is 13.2. The molecule has 0 aliphatic rings. The number of nitrogens with two attached hydrogens (primary N) is 1. The van der Waals surface area contributed by atoms with E-state index in [-0.39, 0.29) is 11.7 Å². The van der Waals surface area contributed by atoms with Gasteiger partial charge in [-0.3, -0.25) is 0 Å². The van der Waals surface area contributed by atoms with Crippen molar-refractivity contribution in [1.82, 2.24) is 9.66 Å². The van der Waals surface area contributed by atoms with Crippen molar-refractivity contribution in [1.29, 1.82) is 0 Å². The summed E-state index contributed by atoms with van der Waals surface area (Å²) in [5.41, 5.74) is 6.75. The van der Waals surface area contributed by atoms with Crippen LogP contribution >= 0.6 is 0 Å². The van der Waals surface area contributed by atoms with Crippen LogP contribution in [0, 0.1) is 18.6 Å². The summed E-state index contributed by atoms with van der Waals surface area (Å²) < 4.78 is 34.1. The molecule has 0 saturated carbocycles. The molecular formula is C16H20F2N4O. The van der Waals surface area contributed by atoms with Crippen LogP contribution in [0.1, 0.15) is 37.4 Å². The highest BCUT2D eigenvalue weighted by molar-refractivity contribution is 5.80. The molecule has 1 heterocycles. The first kappa shape index (κ1) is 16.9. The van der Waals surface area contributed by atoms with Gasteiger partial charge in [0.15, 0.2) is 11.6 Å². The van der Waals surface area contributed by atoms with E-state index in [4.69, 9.17) is 10.5 Å². The molecule has 23 heavy (non-hydrogen) atoms. The van der Waals surface area contributed by atoms with Crippen LogP contribution in [-0.2, 0) is 0 Å². The number of aromatic nitrogens is 2. The van der Waals surface area contributed by atoms with Crippen LogP contribution in [0.2, 0.25) is 0 Å². The number of unbranched alkanes of at least 4 members (excludes halogenated alkanes) is 2. The van der Waals surface area contributed by atoms with E-state index in [2.05, 4.69) is 17.0 Å². The molecule has 2 rings (SSSR count). The zero-order valence-electron chi connectivity index (χ0n) is 13.2. The number of anilines is 1. The first-order valence-corrected chi connectivity index (χ1v) is 7.49. The quantitative estimate of drug-likeness (QED) is 0.627. The fourth-order valence-electron chi connectivity index (χ4n) is 2.02. The average Bonchev–Trinajstić information content (AvgIpc) is 2.83. The number of hydrogen-bond donors (Lipinski definition) is 1. The lowest BCUT2D eigenvalue weighted by Crippen LogP contribution is -2.02. The number of ether oxygens (including phenoxy) is 1. The summed E-state index contributed by atoms with van der Waals surface area (Å²) in [5.74, 6) is -1.86. The van der Waals surface area contributed by atoms with Gasteiger partial charge >= 0.3 is 0 Å². The van der Waals surface area contributed by atoms with Crippen LogP contribution in [-0.4, -0.2) is 22.5 Å². The Balaban J connectivity index is 2.15. The van der Waals surface area contributed by atoms with Gasteiger partial charge in [0.25, 0.3) is 0 Å². The van der Waals surface area contributed by atoms with E-state index in [9.17, 15) is 8.78 Å². The van der Waals surface area contributed by atoms with E-state index in [0.29, 0.717) is 17.9 Å². The van der Waals surface area contributed by atoms with E-state index in [0.717, 1.165) is 25.3 Å². The lowest BCUT2D eigenvalue weighted by molar-refractivity contribution is 0.286. The van der Waals surface area contributed by atoms with Crippen molar-refractivity contribution in [3.63, 3.8) is 0 Å². The molecule has 0 fully saturated rings. The molecule has 0 aliphatic heterocycles. The molecule has 0 aliphatic carbocycles. The summed E-state index contributed by atoms with van der Waals surface area (Å²) >= 11 is 0. The number of rotatable bonds is 7. The molecule has 2 aromatic rings. The molecule has 124 valence electrons. The van der Waals surface area contributed by atoms with Gasteiger partial charge < -0.3 is 10.5 Å². The lowest BCUT2D eigenvalue weighted by atomic mass is 10.2. The molecule has 0 radical (unpaired) electrons. The standard InChI is InChI=1S/C16H20F2N4O/c1-3-4-5-6-23-14-8-12(7-13(17)15(14)18)9-20-22-10-11(2)21-16(22)19/h7-10H,3-6H2,1-2H3,(H2,19,21). The van der Waals surface area contributed by atoms with Gasteiger partial charge in [0.2, 0.25) is 11.8 Å².